The lowest BCUT2D eigenvalue weighted by molar-refractivity contribution is 0.0948. The molecule has 1 aliphatic rings. The van der Waals surface area contributed by atoms with Gasteiger partial charge in [-0.15, -0.1) is 11.3 Å². The number of benzene rings is 2. The van der Waals surface area contributed by atoms with Gasteiger partial charge in [0.25, 0.3) is 5.91 Å². The van der Waals surface area contributed by atoms with E-state index in [0.717, 1.165) is 66.2 Å². The summed E-state index contributed by atoms with van der Waals surface area (Å²) in [5.74, 6) is 1.50. The molecular weight excluding hydrogens is 447 g/mol. The molecule has 0 unspecified atom stereocenters. The number of nitrogens with zero attached hydrogens (tertiary/aromatic N) is 3. The van der Waals surface area contributed by atoms with Crippen LogP contribution in [0.4, 0.5) is 4.39 Å². The number of hydrogen-bond donors (Lipinski definition) is 1. The Morgan fingerprint density at radius 1 is 1.06 bits per heavy atom. The fraction of sp³-hybridized carbons (Fsp3) is 0.333. The van der Waals surface area contributed by atoms with E-state index < -0.39 is 0 Å². The van der Waals surface area contributed by atoms with Crippen molar-refractivity contribution in [3.05, 3.63) is 88.1 Å². The number of hydrogen-bond acceptors (Lipinski definition) is 4. The molecule has 2 aromatic carbocycles. The van der Waals surface area contributed by atoms with Crippen molar-refractivity contribution < 1.29 is 9.18 Å². The van der Waals surface area contributed by atoms with Crippen LogP contribution in [0.15, 0.2) is 66.0 Å². The Morgan fingerprint density at radius 3 is 2.62 bits per heavy atom. The number of thiophene rings is 1. The summed E-state index contributed by atoms with van der Waals surface area (Å²) in [7, 11) is 0. The zero-order valence-corrected chi connectivity index (χ0v) is 19.9. The van der Waals surface area contributed by atoms with Gasteiger partial charge >= 0.3 is 0 Å². The minimum Gasteiger partial charge on any atom is -0.350 e. The molecule has 176 valence electrons. The highest BCUT2D eigenvalue weighted by molar-refractivity contribution is 7.12. The first kappa shape index (κ1) is 22.7. The zero-order chi connectivity index (χ0) is 23.3. The number of carbonyl (C=O) groups is 1. The Kier molecular flexibility index (Phi) is 7.02. The highest BCUT2D eigenvalue weighted by atomic mass is 32.1. The fourth-order valence-electron chi connectivity index (χ4n) is 4.72. The third kappa shape index (κ3) is 5.37. The van der Waals surface area contributed by atoms with Crippen LogP contribution in [-0.2, 0) is 13.0 Å². The average Bonchev–Trinajstić information content (AvgIpc) is 3.51. The second-order valence-electron chi connectivity index (χ2n) is 8.95. The summed E-state index contributed by atoms with van der Waals surface area (Å²) in [4.78, 5) is 20.3. The van der Waals surface area contributed by atoms with Gasteiger partial charge in [-0.2, -0.15) is 0 Å². The molecule has 0 aliphatic carbocycles. The van der Waals surface area contributed by atoms with Crippen LogP contribution in [0.5, 0.6) is 0 Å². The molecule has 7 heteroatoms. The van der Waals surface area contributed by atoms with Crippen molar-refractivity contribution in [2.75, 3.05) is 26.2 Å². The monoisotopic (exact) mass is 476 g/mol. The van der Waals surface area contributed by atoms with E-state index in [1.807, 2.05) is 41.8 Å². The highest BCUT2D eigenvalue weighted by Gasteiger charge is 2.22. The van der Waals surface area contributed by atoms with Crippen LogP contribution in [0.1, 0.15) is 33.9 Å². The minimum atomic E-state index is -0.211. The van der Waals surface area contributed by atoms with Crippen LogP contribution < -0.4 is 5.32 Å². The maximum absolute atomic E-state index is 13.4. The SMILES string of the molecule is O=C(NCCN1CCC(Cc2nc3ccccc3n2Cc2ccc(F)cc2)CC1)c1cccs1. The molecule has 1 saturated heterocycles. The number of fused-ring (bicyclic) bond motifs is 1. The molecule has 1 fully saturated rings. The highest BCUT2D eigenvalue weighted by Crippen LogP contribution is 2.25. The standard InChI is InChI=1S/C27H29FN4OS/c28-22-9-7-21(8-10-22)19-32-24-5-2-1-4-23(24)30-26(32)18-20-11-14-31(15-12-20)16-13-29-27(33)25-6-3-17-34-25/h1-10,17,20H,11-16,18-19H2,(H,29,33). The second kappa shape index (κ2) is 10.5. The number of para-hydroxylation sites is 2. The number of piperidine rings is 1. The number of carbonyl (C=O) groups excluding carboxylic acids is 1. The first-order chi connectivity index (χ1) is 16.7. The molecule has 3 heterocycles. The smallest absolute Gasteiger partial charge is 0.261 e. The molecule has 34 heavy (non-hydrogen) atoms. The topological polar surface area (TPSA) is 50.2 Å². The summed E-state index contributed by atoms with van der Waals surface area (Å²) in [6.45, 7) is 4.33. The van der Waals surface area contributed by atoms with Crippen molar-refractivity contribution in [1.82, 2.24) is 19.8 Å². The Morgan fingerprint density at radius 2 is 1.85 bits per heavy atom. The number of imidazole rings is 1. The van der Waals surface area contributed by atoms with E-state index >= 15 is 0 Å². The lowest BCUT2D eigenvalue weighted by Crippen LogP contribution is -2.40. The zero-order valence-electron chi connectivity index (χ0n) is 19.1. The van der Waals surface area contributed by atoms with Crippen LogP contribution in [0.2, 0.25) is 0 Å². The van der Waals surface area contributed by atoms with Crippen molar-refractivity contribution in [3.8, 4) is 0 Å². The number of nitrogens with one attached hydrogen (secondary N) is 1. The molecular formula is C27H29FN4OS. The van der Waals surface area contributed by atoms with Crippen molar-refractivity contribution in [3.63, 3.8) is 0 Å². The van der Waals surface area contributed by atoms with Gasteiger partial charge in [0, 0.05) is 26.1 Å². The number of halogens is 1. The van der Waals surface area contributed by atoms with Crippen LogP contribution >= 0.6 is 11.3 Å². The molecule has 2 aromatic heterocycles. The van der Waals surface area contributed by atoms with Gasteiger partial charge in [0.2, 0.25) is 0 Å². The van der Waals surface area contributed by atoms with E-state index in [0.29, 0.717) is 19.0 Å². The number of aromatic nitrogens is 2. The first-order valence-electron chi connectivity index (χ1n) is 11.9. The molecule has 1 amide bonds. The van der Waals surface area contributed by atoms with E-state index in [9.17, 15) is 9.18 Å². The Hall–Kier alpha value is -3.03. The Balaban J connectivity index is 1.18. The summed E-state index contributed by atoms with van der Waals surface area (Å²) in [6.07, 6.45) is 3.19. The molecule has 0 spiro atoms. The summed E-state index contributed by atoms with van der Waals surface area (Å²) >= 11 is 1.47. The average molecular weight is 477 g/mol. The van der Waals surface area contributed by atoms with Gasteiger partial charge in [0.05, 0.1) is 15.9 Å². The molecule has 1 N–H and O–H groups in total. The van der Waals surface area contributed by atoms with Crippen molar-refractivity contribution in [1.29, 1.82) is 0 Å². The summed E-state index contributed by atoms with van der Waals surface area (Å²) < 4.78 is 15.7. The Labute approximate surface area is 203 Å². The molecule has 0 saturated carbocycles. The lowest BCUT2D eigenvalue weighted by Gasteiger charge is -2.31. The molecule has 5 rings (SSSR count). The van der Waals surface area contributed by atoms with Crippen LogP contribution in [0.3, 0.4) is 0 Å². The predicted molar refractivity (Wildman–Crippen MR) is 135 cm³/mol. The summed E-state index contributed by atoms with van der Waals surface area (Å²) in [5, 5.41) is 4.95. The molecule has 4 aromatic rings. The molecule has 0 radical (unpaired) electrons. The fourth-order valence-corrected chi connectivity index (χ4v) is 5.36. The number of amides is 1. The van der Waals surface area contributed by atoms with Gasteiger partial charge in [-0.1, -0.05) is 30.3 Å². The summed E-state index contributed by atoms with van der Waals surface area (Å²) in [5.41, 5.74) is 3.21. The van der Waals surface area contributed by atoms with E-state index in [1.165, 1.54) is 23.5 Å². The largest absolute Gasteiger partial charge is 0.350 e. The predicted octanol–water partition coefficient (Wildman–Crippen LogP) is 4.97. The van der Waals surface area contributed by atoms with Crippen molar-refractivity contribution >= 4 is 28.3 Å². The summed E-state index contributed by atoms with van der Waals surface area (Å²) in [6, 6.07) is 18.7. The minimum absolute atomic E-state index is 0.0185. The normalized spacial score (nSPS) is 15.1. The van der Waals surface area contributed by atoms with Crippen LogP contribution in [-0.4, -0.2) is 46.5 Å². The maximum atomic E-state index is 13.4. The van der Waals surface area contributed by atoms with E-state index in [-0.39, 0.29) is 11.7 Å². The van der Waals surface area contributed by atoms with Crippen LogP contribution in [0, 0.1) is 11.7 Å². The van der Waals surface area contributed by atoms with Gasteiger partial charge < -0.3 is 14.8 Å². The van der Waals surface area contributed by atoms with Crippen molar-refractivity contribution in [2.45, 2.75) is 25.8 Å². The van der Waals surface area contributed by atoms with E-state index in [2.05, 4.69) is 26.9 Å². The maximum Gasteiger partial charge on any atom is 0.261 e. The van der Waals surface area contributed by atoms with Gasteiger partial charge in [0.1, 0.15) is 11.6 Å². The van der Waals surface area contributed by atoms with Gasteiger partial charge in [-0.05, 0) is 73.1 Å². The lowest BCUT2D eigenvalue weighted by atomic mass is 9.93. The van der Waals surface area contributed by atoms with Crippen LogP contribution in [0.25, 0.3) is 11.0 Å². The van der Waals surface area contributed by atoms with E-state index in [1.54, 1.807) is 0 Å². The quantitative estimate of drug-likeness (QED) is 0.391. The molecule has 0 bridgehead atoms. The molecule has 1 aliphatic heterocycles. The van der Waals surface area contributed by atoms with Gasteiger partial charge in [-0.25, -0.2) is 9.37 Å². The van der Waals surface area contributed by atoms with Gasteiger partial charge in [0.15, 0.2) is 0 Å². The second-order valence-corrected chi connectivity index (χ2v) is 9.90. The molecule has 0 atom stereocenters. The Bertz CT molecular complexity index is 1230. The number of likely N-dealkylation sites (tertiary alicyclic amines) is 1. The molecule has 5 nitrogen and oxygen atoms in total. The number of rotatable bonds is 8. The van der Waals surface area contributed by atoms with Crippen molar-refractivity contribution in [2.24, 2.45) is 5.92 Å². The van der Waals surface area contributed by atoms with E-state index in [4.69, 9.17) is 4.98 Å². The first-order valence-corrected chi connectivity index (χ1v) is 12.8. The third-order valence-corrected chi connectivity index (χ3v) is 7.49. The third-order valence-electron chi connectivity index (χ3n) is 6.62. The van der Waals surface area contributed by atoms with Gasteiger partial charge in [-0.3, -0.25) is 4.79 Å².